The molecule has 1 aliphatic rings. The third kappa shape index (κ3) is 5.41. The van der Waals surface area contributed by atoms with Crippen LogP contribution in [-0.2, 0) is 11.5 Å². The Balaban J connectivity index is 1.17. The lowest BCUT2D eigenvalue weighted by Gasteiger charge is -2.38. The number of anilines is 2. The Bertz CT molecular complexity index is 1620. The number of hydrogen-bond acceptors (Lipinski definition) is 7. The van der Waals surface area contributed by atoms with Gasteiger partial charge in [-0.2, -0.15) is 10.2 Å². The number of hydrogen-bond donors (Lipinski definition) is 0. The van der Waals surface area contributed by atoms with Gasteiger partial charge in [0.2, 0.25) is 0 Å². The summed E-state index contributed by atoms with van der Waals surface area (Å²) in [5.41, 5.74) is 5.50. The fourth-order valence-electron chi connectivity index (χ4n) is 5.03. The van der Waals surface area contributed by atoms with Crippen LogP contribution >= 0.6 is 0 Å². The SMILES string of the molecule is Cn1cc(-c2ccc3c(N4CCN(c5ncc(C(O[Si](C)(C)C(C)(C)C)c6ccccc6)o5)CC4)cnn3c2)cn1. The minimum absolute atomic E-state index is 0.0810. The number of piperazine rings is 1. The number of aromatic nitrogens is 5. The Morgan fingerprint density at radius 1 is 0.854 bits per heavy atom. The van der Waals surface area contributed by atoms with E-state index in [0.717, 1.165) is 59.8 Å². The quantitative estimate of drug-likeness (QED) is 0.217. The maximum absolute atomic E-state index is 6.88. The van der Waals surface area contributed by atoms with Crippen LogP contribution in [0.25, 0.3) is 16.6 Å². The Morgan fingerprint density at radius 3 is 2.27 bits per heavy atom. The Morgan fingerprint density at radius 2 is 1.59 bits per heavy atom. The molecule has 0 radical (unpaired) electrons. The number of oxazole rings is 1. The predicted molar refractivity (Wildman–Crippen MR) is 165 cm³/mol. The first-order valence-electron chi connectivity index (χ1n) is 14.2. The van der Waals surface area contributed by atoms with Gasteiger partial charge in [0.1, 0.15) is 6.10 Å². The highest BCUT2D eigenvalue weighted by Gasteiger charge is 2.41. The molecular formula is C31H39N7O2Si. The van der Waals surface area contributed by atoms with Crippen molar-refractivity contribution in [2.45, 2.75) is 45.0 Å². The molecular weight excluding hydrogens is 530 g/mol. The molecule has 0 aliphatic carbocycles. The summed E-state index contributed by atoms with van der Waals surface area (Å²) in [6.45, 7) is 14.7. The van der Waals surface area contributed by atoms with Gasteiger partial charge < -0.3 is 18.6 Å². The molecule has 0 amide bonds. The summed E-state index contributed by atoms with van der Waals surface area (Å²) in [7, 11) is -0.140. The minimum atomic E-state index is -2.07. The molecule has 1 fully saturated rings. The standard InChI is InChI=1S/C31H39N7O2Si/c1-31(2,3)41(5,6)40-29(23-10-8-7-9-11-23)28-20-32-30(39-28)37-16-14-36(15-17-37)27-19-34-38-22-24(12-13-26(27)38)25-18-33-35(4)21-25/h7-13,18-22,29H,14-17H2,1-6H3. The summed E-state index contributed by atoms with van der Waals surface area (Å²) >= 11 is 0. The van der Waals surface area contributed by atoms with Crippen LogP contribution in [-0.4, -0.2) is 58.9 Å². The zero-order valence-electron chi connectivity index (χ0n) is 24.8. The van der Waals surface area contributed by atoms with E-state index in [1.807, 2.05) is 59.2 Å². The molecule has 6 rings (SSSR count). The average Bonchev–Trinajstić information content (AvgIpc) is 3.71. The second-order valence-corrected chi connectivity index (χ2v) is 17.1. The Hall–Kier alpha value is -3.89. The van der Waals surface area contributed by atoms with Gasteiger partial charge in [-0.05, 0) is 29.8 Å². The number of pyridine rings is 1. The molecule has 1 atom stereocenters. The lowest BCUT2D eigenvalue weighted by molar-refractivity contribution is 0.194. The molecule has 1 aliphatic heterocycles. The molecule has 1 saturated heterocycles. The van der Waals surface area contributed by atoms with E-state index < -0.39 is 8.32 Å². The Kier molecular flexibility index (Phi) is 6.99. The maximum atomic E-state index is 6.88. The van der Waals surface area contributed by atoms with E-state index in [1.54, 1.807) is 0 Å². The zero-order chi connectivity index (χ0) is 28.8. The number of benzene rings is 1. The van der Waals surface area contributed by atoms with Crippen molar-refractivity contribution in [2.24, 2.45) is 7.05 Å². The molecule has 0 N–H and O–H groups in total. The van der Waals surface area contributed by atoms with Gasteiger partial charge in [-0.25, -0.2) is 9.50 Å². The molecule has 9 nitrogen and oxygen atoms in total. The fraction of sp³-hybridized carbons (Fsp3) is 0.387. The van der Waals surface area contributed by atoms with E-state index in [4.69, 9.17) is 13.8 Å². The second-order valence-electron chi connectivity index (χ2n) is 12.4. The van der Waals surface area contributed by atoms with Crippen LogP contribution in [0.1, 0.15) is 38.2 Å². The van der Waals surface area contributed by atoms with Gasteiger partial charge in [0.05, 0.1) is 29.8 Å². The van der Waals surface area contributed by atoms with Crippen molar-refractivity contribution in [3.8, 4) is 11.1 Å². The van der Waals surface area contributed by atoms with Gasteiger partial charge >= 0.3 is 0 Å². The zero-order valence-corrected chi connectivity index (χ0v) is 25.8. The topological polar surface area (TPSA) is 76.9 Å². The van der Waals surface area contributed by atoms with Crippen LogP contribution in [0.5, 0.6) is 0 Å². The smallest absolute Gasteiger partial charge is 0.297 e. The molecule has 41 heavy (non-hydrogen) atoms. The van der Waals surface area contributed by atoms with Crippen molar-refractivity contribution in [1.82, 2.24) is 24.4 Å². The first-order chi connectivity index (χ1) is 19.6. The molecule has 1 unspecified atom stereocenters. The molecule has 1 aromatic carbocycles. The highest BCUT2D eigenvalue weighted by Crippen LogP contribution is 2.42. The molecule has 0 spiro atoms. The highest BCUT2D eigenvalue weighted by atomic mass is 28.4. The van der Waals surface area contributed by atoms with Crippen molar-refractivity contribution in [1.29, 1.82) is 0 Å². The van der Waals surface area contributed by atoms with Crippen LogP contribution < -0.4 is 9.80 Å². The van der Waals surface area contributed by atoms with Crippen LogP contribution in [0.3, 0.4) is 0 Å². The van der Waals surface area contributed by atoms with Gasteiger partial charge in [-0.3, -0.25) is 4.68 Å². The van der Waals surface area contributed by atoms with Crippen molar-refractivity contribution < 1.29 is 8.84 Å². The van der Waals surface area contributed by atoms with Gasteiger partial charge in [-0.1, -0.05) is 57.2 Å². The average molecular weight is 570 g/mol. The monoisotopic (exact) mass is 569 g/mol. The van der Waals surface area contributed by atoms with Crippen LogP contribution in [0.15, 0.2) is 77.9 Å². The highest BCUT2D eigenvalue weighted by molar-refractivity contribution is 6.74. The van der Waals surface area contributed by atoms with Gasteiger partial charge in [0, 0.05) is 56.7 Å². The number of aryl methyl sites for hydroxylation is 1. The first-order valence-corrected chi connectivity index (χ1v) is 17.1. The van der Waals surface area contributed by atoms with Crippen LogP contribution in [0, 0.1) is 0 Å². The normalized spacial score (nSPS) is 15.6. The van der Waals surface area contributed by atoms with E-state index in [-0.39, 0.29) is 11.1 Å². The maximum Gasteiger partial charge on any atom is 0.297 e. The number of nitrogens with zero attached hydrogens (tertiary/aromatic N) is 7. The van der Waals surface area contributed by atoms with Gasteiger partial charge in [0.15, 0.2) is 14.1 Å². The summed E-state index contributed by atoms with van der Waals surface area (Å²) in [4.78, 5) is 9.32. The molecule has 0 bridgehead atoms. The van der Waals surface area contributed by atoms with Crippen molar-refractivity contribution >= 4 is 25.5 Å². The molecule has 10 heteroatoms. The molecule has 5 aromatic rings. The van der Waals surface area contributed by atoms with Crippen molar-refractivity contribution in [3.05, 3.63) is 84.8 Å². The summed E-state index contributed by atoms with van der Waals surface area (Å²) in [6.07, 6.45) is 9.48. The minimum Gasteiger partial charge on any atom is -0.425 e. The lowest BCUT2D eigenvalue weighted by atomic mass is 10.1. The molecule has 4 aromatic heterocycles. The largest absolute Gasteiger partial charge is 0.425 e. The van der Waals surface area contributed by atoms with E-state index in [9.17, 15) is 0 Å². The summed E-state index contributed by atoms with van der Waals surface area (Å²) < 4.78 is 17.1. The van der Waals surface area contributed by atoms with Crippen molar-refractivity contribution in [3.63, 3.8) is 0 Å². The third-order valence-corrected chi connectivity index (χ3v) is 13.0. The molecule has 0 saturated carbocycles. The van der Waals surface area contributed by atoms with Crippen LogP contribution in [0.2, 0.25) is 18.1 Å². The lowest BCUT2D eigenvalue weighted by Crippen LogP contribution is -2.46. The van der Waals surface area contributed by atoms with Gasteiger partial charge in [0.25, 0.3) is 6.01 Å². The van der Waals surface area contributed by atoms with E-state index in [2.05, 4.69) is 84.3 Å². The van der Waals surface area contributed by atoms with Gasteiger partial charge in [-0.15, -0.1) is 0 Å². The van der Waals surface area contributed by atoms with Crippen LogP contribution in [0.4, 0.5) is 11.7 Å². The van der Waals surface area contributed by atoms with E-state index in [0.29, 0.717) is 6.01 Å². The van der Waals surface area contributed by atoms with E-state index in [1.165, 1.54) is 0 Å². The summed E-state index contributed by atoms with van der Waals surface area (Å²) in [6, 6.07) is 15.3. The second kappa shape index (κ2) is 10.5. The van der Waals surface area contributed by atoms with E-state index >= 15 is 0 Å². The predicted octanol–water partition coefficient (Wildman–Crippen LogP) is 6.16. The first kappa shape index (κ1) is 27.3. The third-order valence-electron chi connectivity index (χ3n) is 8.52. The molecule has 5 heterocycles. The Labute approximate surface area is 242 Å². The molecule has 214 valence electrons. The van der Waals surface area contributed by atoms with Crippen molar-refractivity contribution in [2.75, 3.05) is 36.0 Å². The fourth-order valence-corrected chi connectivity index (χ4v) is 6.22. The summed E-state index contributed by atoms with van der Waals surface area (Å²) in [5.74, 6) is 0.755. The number of rotatable bonds is 7. The summed E-state index contributed by atoms with van der Waals surface area (Å²) in [5, 5.41) is 9.03. The number of fused-ring (bicyclic) bond motifs is 1.